The number of amides is 1. The van der Waals surface area contributed by atoms with E-state index in [-0.39, 0.29) is 11.5 Å². The van der Waals surface area contributed by atoms with Gasteiger partial charge in [0.25, 0.3) is 5.69 Å². The number of rotatable bonds is 5. The van der Waals surface area contributed by atoms with Crippen molar-refractivity contribution in [3.8, 4) is 5.13 Å². The van der Waals surface area contributed by atoms with E-state index in [4.69, 9.17) is 0 Å². The second kappa shape index (κ2) is 7.84. The summed E-state index contributed by atoms with van der Waals surface area (Å²) in [5, 5.41) is 18.4. The van der Waals surface area contributed by atoms with Crippen LogP contribution in [-0.4, -0.2) is 25.6 Å². The van der Waals surface area contributed by atoms with Crippen LogP contribution in [0.25, 0.3) is 21.4 Å². The molecule has 0 atom stereocenters. The van der Waals surface area contributed by atoms with Crippen molar-refractivity contribution in [3.05, 3.63) is 81.8 Å². The number of thiazole rings is 1. The lowest BCUT2D eigenvalue weighted by Crippen LogP contribution is -2.12. The van der Waals surface area contributed by atoms with E-state index in [1.54, 1.807) is 31.2 Å². The molecule has 2 aromatic carbocycles. The summed E-state index contributed by atoms with van der Waals surface area (Å²) in [6, 6.07) is 12.0. The highest BCUT2D eigenvalue weighted by molar-refractivity contribution is 7.20. The lowest BCUT2D eigenvalue weighted by molar-refractivity contribution is -0.384. The quantitative estimate of drug-likeness (QED) is 0.289. The fourth-order valence-electron chi connectivity index (χ4n) is 2.79. The number of nitro benzene ring substituents is 1. The Bertz CT molecular complexity index is 1310. The lowest BCUT2D eigenvalue weighted by Gasteiger charge is -2.04. The van der Waals surface area contributed by atoms with Gasteiger partial charge < -0.3 is 5.32 Å². The monoisotopic (exact) mass is 423 g/mol. The Labute approximate surface area is 173 Å². The van der Waals surface area contributed by atoms with Gasteiger partial charge in [0.2, 0.25) is 11.0 Å². The maximum Gasteiger partial charge on any atom is 0.270 e. The van der Waals surface area contributed by atoms with E-state index in [0.29, 0.717) is 32.4 Å². The summed E-state index contributed by atoms with van der Waals surface area (Å²) in [5.74, 6) is -0.385. The number of hydrogen-bond donors (Lipinski definition) is 1. The van der Waals surface area contributed by atoms with Crippen molar-refractivity contribution < 1.29 is 14.1 Å². The zero-order valence-corrected chi connectivity index (χ0v) is 16.4. The average Bonchev–Trinajstić information content (AvgIpc) is 3.29. The molecule has 0 fully saturated rings. The largest absolute Gasteiger partial charge is 0.307 e. The first kappa shape index (κ1) is 19.4. The van der Waals surface area contributed by atoms with E-state index in [0.717, 1.165) is 0 Å². The molecular formula is C20H14FN5O3S. The number of benzene rings is 2. The number of non-ortho nitro benzene ring substituents is 1. The third-order valence-corrected chi connectivity index (χ3v) is 5.11. The van der Waals surface area contributed by atoms with Gasteiger partial charge >= 0.3 is 0 Å². The highest BCUT2D eigenvalue weighted by Crippen LogP contribution is 2.28. The van der Waals surface area contributed by atoms with Crippen molar-refractivity contribution in [2.45, 2.75) is 6.92 Å². The standard InChI is InChI=1S/C20H14FN5O3S/c1-12-9-18(23-19(27)8-5-13-3-2-4-15(10-13)26(28)29)25(24-12)20-22-16-7-6-14(21)11-17(16)30-20/h2-11H,1H3,(H,23,27)/b8-5+. The highest BCUT2D eigenvalue weighted by Gasteiger charge is 2.14. The number of aryl methyl sites for hydroxylation is 1. The van der Waals surface area contributed by atoms with E-state index in [1.165, 1.54) is 52.4 Å². The van der Waals surface area contributed by atoms with Gasteiger partial charge in [-0.2, -0.15) is 9.78 Å². The van der Waals surface area contributed by atoms with Crippen molar-refractivity contribution >= 4 is 45.0 Å². The van der Waals surface area contributed by atoms with Gasteiger partial charge in [0.05, 0.1) is 20.8 Å². The highest BCUT2D eigenvalue weighted by atomic mass is 32.1. The number of nitro groups is 1. The first-order valence-electron chi connectivity index (χ1n) is 8.76. The number of carbonyl (C=O) groups excluding carboxylic acids is 1. The first-order valence-corrected chi connectivity index (χ1v) is 9.57. The van der Waals surface area contributed by atoms with E-state index in [1.807, 2.05) is 0 Å². The van der Waals surface area contributed by atoms with Crippen molar-refractivity contribution in [2.24, 2.45) is 0 Å². The van der Waals surface area contributed by atoms with E-state index in [2.05, 4.69) is 15.4 Å². The maximum atomic E-state index is 13.5. The molecule has 0 saturated carbocycles. The van der Waals surface area contributed by atoms with Crippen LogP contribution in [0.15, 0.2) is 54.6 Å². The van der Waals surface area contributed by atoms with Gasteiger partial charge in [0, 0.05) is 24.3 Å². The molecule has 10 heteroatoms. The van der Waals surface area contributed by atoms with Gasteiger partial charge in [-0.3, -0.25) is 14.9 Å². The molecule has 2 aromatic heterocycles. The number of halogens is 1. The summed E-state index contributed by atoms with van der Waals surface area (Å²) in [6.07, 6.45) is 2.76. The van der Waals surface area contributed by atoms with Gasteiger partial charge in [0.15, 0.2) is 0 Å². The van der Waals surface area contributed by atoms with Gasteiger partial charge in [-0.1, -0.05) is 23.5 Å². The van der Waals surface area contributed by atoms with Crippen LogP contribution in [0.2, 0.25) is 0 Å². The molecule has 0 spiro atoms. The minimum atomic E-state index is -0.497. The first-order chi connectivity index (χ1) is 14.4. The van der Waals surface area contributed by atoms with Crippen LogP contribution in [0.4, 0.5) is 15.9 Å². The summed E-state index contributed by atoms with van der Waals surface area (Å²) in [5.41, 5.74) is 1.77. The molecule has 0 radical (unpaired) electrons. The fraction of sp³-hybridized carbons (Fsp3) is 0.0500. The molecule has 0 bridgehead atoms. The molecule has 0 aliphatic heterocycles. The maximum absolute atomic E-state index is 13.5. The third-order valence-electron chi connectivity index (χ3n) is 4.11. The van der Waals surface area contributed by atoms with E-state index < -0.39 is 10.8 Å². The Morgan fingerprint density at radius 1 is 1.27 bits per heavy atom. The number of anilines is 1. The van der Waals surface area contributed by atoms with Gasteiger partial charge in [-0.15, -0.1) is 0 Å². The van der Waals surface area contributed by atoms with Crippen LogP contribution in [0.1, 0.15) is 11.3 Å². The van der Waals surface area contributed by atoms with Gasteiger partial charge in [-0.05, 0) is 36.8 Å². The van der Waals surface area contributed by atoms with Crippen LogP contribution in [0.3, 0.4) is 0 Å². The molecule has 0 saturated heterocycles. The molecule has 0 aliphatic carbocycles. The van der Waals surface area contributed by atoms with E-state index >= 15 is 0 Å². The van der Waals surface area contributed by atoms with E-state index in [9.17, 15) is 19.3 Å². The average molecular weight is 423 g/mol. The Morgan fingerprint density at radius 2 is 2.10 bits per heavy atom. The predicted molar refractivity (Wildman–Crippen MR) is 112 cm³/mol. The van der Waals surface area contributed by atoms with Crippen LogP contribution in [0, 0.1) is 22.9 Å². The molecule has 4 rings (SSSR count). The lowest BCUT2D eigenvalue weighted by atomic mass is 10.2. The van der Waals surface area contributed by atoms with Crippen molar-refractivity contribution in [1.82, 2.24) is 14.8 Å². The Kier molecular flexibility index (Phi) is 5.07. The number of fused-ring (bicyclic) bond motifs is 1. The number of nitrogens with one attached hydrogen (secondary N) is 1. The molecule has 2 heterocycles. The van der Waals surface area contributed by atoms with Gasteiger partial charge in [0.1, 0.15) is 11.6 Å². The number of carbonyl (C=O) groups is 1. The van der Waals surface area contributed by atoms with Gasteiger partial charge in [-0.25, -0.2) is 9.37 Å². The Hall–Kier alpha value is -3.92. The second-order valence-corrected chi connectivity index (χ2v) is 7.38. The zero-order valence-electron chi connectivity index (χ0n) is 15.6. The number of nitrogens with zero attached hydrogens (tertiary/aromatic N) is 4. The van der Waals surface area contributed by atoms with Crippen molar-refractivity contribution in [2.75, 3.05) is 5.32 Å². The molecule has 4 aromatic rings. The molecule has 30 heavy (non-hydrogen) atoms. The third kappa shape index (κ3) is 4.08. The summed E-state index contributed by atoms with van der Waals surface area (Å²) in [4.78, 5) is 27.2. The minimum Gasteiger partial charge on any atom is -0.307 e. The summed E-state index contributed by atoms with van der Waals surface area (Å²) in [6.45, 7) is 1.78. The second-order valence-electron chi connectivity index (χ2n) is 6.37. The normalized spacial score (nSPS) is 11.3. The predicted octanol–water partition coefficient (Wildman–Crippen LogP) is 4.49. The van der Waals surface area contributed by atoms with Crippen molar-refractivity contribution in [1.29, 1.82) is 0 Å². The summed E-state index contributed by atoms with van der Waals surface area (Å²) in [7, 11) is 0. The Balaban J connectivity index is 1.57. The van der Waals surface area contributed by atoms with Crippen LogP contribution in [0.5, 0.6) is 0 Å². The topological polar surface area (TPSA) is 103 Å². The smallest absolute Gasteiger partial charge is 0.270 e. The van der Waals surface area contributed by atoms with Crippen molar-refractivity contribution in [3.63, 3.8) is 0 Å². The molecule has 8 nitrogen and oxygen atoms in total. The molecule has 1 N–H and O–H groups in total. The summed E-state index contributed by atoms with van der Waals surface area (Å²) >= 11 is 1.25. The molecule has 1 amide bonds. The number of hydrogen-bond acceptors (Lipinski definition) is 6. The Morgan fingerprint density at radius 3 is 2.90 bits per heavy atom. The minimum absolute atomic E-state index is 0.0569. The SMILES string of the molecule is Cc1cc(NC(=O)/C=C/c2cccc([N+](=O)[O-])c2)n(-c2nc3ccc(F)cc3s2)n1. The number of aromatic nitrogens is 3. The molecular weight excluding hydrogens is 409 g/mol. The summed E-state index contributed by atoms with van der Waals surface area (Å²) < 4.78 is 15.6. The zero-order chi connectivity index (χ0) is 21.3. The van der Waals surface area contributed by atoms with Crippen LogP contribution < -0.4 is 5.32 Å². The van der Waals surface area contributed by atoms with Crippen LogP contribution in [-0.2, 0) is 4.79 Å². The van der Waals surface area contributed by atoms with Crippen LogP contribution >= 0.6 is 11.3 Å². The molecule has 150 valence electrons. The molecule has 0 unspecified atom stereocenters. The fourth-order valence-corrected chi connectivity index (χ4v) is 3.75. The molecule has 0 aliphatic rings.